The van der Waals surface area contributed by atoms with Crippen LogP contribution in [0.15, 0.2) is 0 Å². The van der Waals surface area contributed by atoms with E-state index in [4.69, 9.17) is 0 Å². The van der Waals surface area contributed by atoms with Crippen LogP contribution < -0.4 is 0 Å². The lowest BCUT2D eigenvalue weighted by Gasteiger charge is -2.07. The molecule has 0 saturated carbocycles. The molecule has 0 aliphatic heterocycles. The van der Waals surface area contributed by atoms with Gasteiger partial charge in [-0.05, 0) is 0 Å². The predicted molar refractivity (Wildman–Crippen MR) is 94.9 cm³/mol. The standard InChI is InChI=1S/3C4H10FNS/c3*1-3-6(4-2)7-5/h3*3-4H2,1-2H3. The van der Waals surface area contributed by atoms with Crippen LogP contribution in [-0.2, 0) is 0 Å². The minimum atomic E-state index is 0.303. The first-order chi connectivity index (χ1) is 10.0. The van der Waals surface area contributed by atoms with Crippen LogP contribution in [0, 0.1) is 0 Å². The van der Waals surface area contributed by atoms with Crippen LogP contribution in [0.25, 0.3) is 0 Å². The van der Waals surface area contributed by atoms with Gasteiger partial charge in [-0.15, -0.1) is 11.7 Å². The van der Waals surface area contributed by atoms with Gasteiger partial charge in [-0.25, -0.2) is 12.9 Å². The molecule has 0 N–H and O–H groups in total. The average molecular weight is 370 g/mol. The van der Waals surface area contributed by atoms with Gasteiger partial charge in [0.05, 0.1) is 0 Å². The Morgan fingerprint density at radius 1 is 0.476 bits per heavy atom. The first-order valence-electron chi connectivity index (χ1n) is 7.15. The summed E-state index contributed by atoms with van der Waals surface area (Å²) in [6.07, 6.45) is 0. The Kier molecular flexibility index (Phi) is 29.1. The molecule has 0 unspecified atom stereocenters. The average Bonchev–Trinajstić information content (AvgIpc) is 2.54. The van der Waals surface area contributed by atoms with Crippen LogP contribution >= 0.6 is 37.0 Å². The lowest BCUT2D eigenvalue weighted by Crippen LogP contribution is -2.11. The van der Waals surface area contributed by atoms with Gasteiger partial charge >= 0.3 is 0 Å². The number of nitrogens with zero attached hydrogens (tertiary/aromatic N) is 3. The van der Waals surface area contributed by atoms with Gasteiger partial charge < -0.3 is 0 Å². The molecule has 0 saturated heterocycles. The monoisotopic (exact) mass is 369 g/mol. The van der Waals surface area contributed by atoms with Gasteiger partial charge in [-0.3, -0.25) is 0 Å². The second-order valence-electron chi connectivity index (χ2n) is 3.55. The van der Waals surface area contributed by atoms with Crippen LogP contribution in [0.2, 0.25) is 0 Å². The van der Waals surface area contributed by atoms with Crippen molar-refractivity contribution in [2.24, 2.45) is 0 Å². The Balaban J connectivity index is -0.000000231. The third-order valence-corrected chi connectivity index (χ3v) is 4.54. The van der Waals surface area contributed by atoms with Gasteiger partial charge in [0.2, 0.25) is 0 Å². The lowest BCUT2D eigenvalue weighted by atomic mass is 10.7. The van der Waals surface area contributed by atoms with Gasteiger partial charge in [0.15, 0.2) is 0 Å². The highest BCUT2D eigenvalue weighted by molar-refractivity contribution is 7.92. The Morgan fingerprint density at radius 2 is 0.619 bits per heavy atom. The van der Waals surface area contributed by atoms with E-state index in [0.717, 1.165) is 39.3 Å². The van der Waals surface area contributed by atoms with Crippen LogP contribution in [0.3, 0.4) is 0 Å². The molecule has 0 radical (unpaired) electrons. The normalized spacial score (nSPS) is 10.3. The van der Waals surface area contributed by atoms with Crippen molar-refractivity contribution in [3.05, 3.63) is 0 Å². The van der Waals surface area contributed by atoms with Crippen molar-refractivity contribution in [1.82, 2.24) is 12.9 Å². The molecular formula is C12H30F3N3S3. The highest BCUT2D eigenvalue weighted by Gasteiger charge is 1.95. The maximum atomic E-state index is 11.5. The Hall–Kier alpha value is 0.720. The molecule has 0 aliphatic rings. The molecule has 9 heteroatoms. The molecule has 0 rings (SSSR count). The molecule has 3 nitrogen and oxygen atoms in total. The number of halogens is 3. The minimum absolute atomic E-state index is 0.303. The van der Waals surface area contributed by atoms with E-state index in [2.05, 4.69) is 0 Å². The molecule has 0 aromatic carbocycles. The van der Waals surface area contributed by atoms with Crippen molar-refractivity contribution < 1.29 is 11.7 Å². The second-order valence-corrected chi connectivity index (χ2v) is 5.51. The zero-order chi connectivity index (χ0) is 17.1. The van der Waals surface area contributed by atoms with Crippen LogP contribution in [0.1, 0.15) is 41.5 Å². The molecule has 132 valence electrons. The van der Waals surface area contributed by atoms with Crippen molar-refractivity contribution in [3.63, 3.8) is 0 Å². The summed E-state index contributed by atoms with van der Waals surface area (Å²) in [6.45, 7) is 16.2. The van der Waals surface area contributed by atoms with E-state index in [-0.39, 0.29) is 0 Å². The van der Waals surface area contributed by atoms with E-state index >= 15 is 0 Å². The lowest BCUT2D eigenvalue weighted by molar-refractivity contribution is 0.508. The summed E-state index contributed by atoms with van der Waals surface area (Å²) >= 11 is 0.910. The third kappa shape index (κ3) is 20.7. The summed E-state index contributed by atoms with van der Waals surface area (Å²) in [7, 11) is 0. The fraction of sp³-hybridized carbons (Fsp3) is 1.00. The summed E-state index contributed by atoms with van der Waals surface area (Å²) in [5.41, 5.74) is 0. The second kappa shape index (κ2) is 23.0. The summed E-state index contributed by atoms with van der Waals surface area (Å²) in [5, 5.41) is 0. The van der Waals surface area contributed by atoms with Crippen LogP contribution in [0.4, 0.5) is 11.7 Å². The highest BCUT2D eigenvalue weighted by atomic mass is 32.2. The molecule has 0 amide bonds. The van der Waals surface area contributed by atoms with Crippen molar-refractivity contribution >= 4 is 37.0 Å². The summed E-state index contributed by atoms with van der Waals surface area (Å²) in [4.78, 5) is 0. The fourth-order valence-corrected chi connectivity index (χ4v) is 1.55. The molecule has 21 heavy (non-hydrogen) atoms. The molecule has 0 aromatic heterocycles. The first kappa shape index (κ1) is 26.6. The largest absolute Gasteiger partial charge is 0.223 e. The highest BCUT2D eigenvalue weighted by Crippen LogP contribution is 2.08. The van der Waals surface area contributed by atoms with Crippen molar-refractivity contribution in [2.45, 2.75) is 41.5 Å². The molecule has 0 heterocycles. The molecular weight excluding hydrogens is 339 g/mol. The summed E-state index contributed by atoms with van der Waals surface area (Å²) < 4.78 is 39.4. The minimum Gasteiger partial charge on any atom is -0.223 e. The van der Waals surface area contributed by atoms with E-state index < -0.39 is 0 Å². The summed E-state index contributed by atoms with van der Waals surface area (Å²) in [6, 6.07) is 0. The van der Waals surface area contributed by atoms with Gasteiger partial charge in [-0.2, -0.15) is 0 Å². The van der Waals surface area contributed by atoms with E-state index in [1.54, 1.807) is 12.9 Å². The van der Waals surface area contributed by atoms with E-state index in [1.807, 2.05) is 41.5 Å². The fourth-order valence-electron chi connectivity index (χ4n) is 0.964. The van der Waals surface area contributed by atoms with E-state index in [9.17, 15) is 11.7 Å². The molecule has 0 bridgehead atoms. The molecule has 0 atom stereocenters. The van der Waals surface area contributed by atoms with Crippen molar-refractivity contribution in [3.8, 4) is 0 Å². The molecule has 0 aromatic rings. The SMILES string of the molecule is CCN(CC)SF.CCN(CC)SF.CCN(CC)SF. The number of hydrogen-bond donors (Lipinski definition) is 0. The predicted octanol–water partition coefficient (Wildman–Crippen LogP) is 5.58. The zero-order valence-corrected chi connectivity index (χ0v) is 16.4. The van der Waals surface area contributed by atoms with Crippen LogP contribution in [0.5, 0.6) is 0 Å². The maximum absolute atomic E-state index is 11.5. The third-order valence-electron chi connectivity index (χ3n) is 2.41. The maximum Gasteiger partial charge on any atom is 0.134 e. The van der Waals surface area contributed by atoms with Crippen molar-refractivity contribution in [2.75, 3.05) is 39.3 Å². The van der Waals surface area contributed by atoms with Gasteiger partial charge in [0.1, 0.15) is 37.0 Å². The number of rotatable bonds is 9. The Labute approximate surface area is 142 Å². The molecule has 0 fully saturated rings. The zero-order valence-electron chi connectivity index (χ0n) is 13.9. The Bertz CT molecular complexity index is 128. The smallest absolute Gasteiger partial charge is 0.134 e. The number of hydrogen-bond acceptors (Lipinski definition) is 6. The Morgan fingerprint density at radius 3 is 0.619 bits per heavy atom. The molecule has 0 aliphatic carbocycles. The summed E-state index contributed by atoms with van der Waals surface area (Å²) in [5.74, 6) is 0. The topological polar surface area (TPSA) is 9.72 Å². The van der Waals surface area contributed by atoms with E-state index in [0.29, 0.717) is 37.0 Å². The quantitative estimate of drug-likeness (QED) is 0.487. The van der Waals surface area contributed by atoms with Gasteiger partial charge in [0.25, 0.3) is 0 Å². The van der Waals surface area contributed by atoms with Gasteiger partial charge in [-0.1, -0.05) is 41.5 Å². The van der Waals surface area contributed by atoms with Crippen LogP contribution in [-0.4, -0.2) is 52.2 Å². The molecule has 0 spiro atoms. The van der Waals surface area contributed by atoms with Gasteiger partial charge in [0, 0.05) is 39.3 Å². The van der Waals surface area contributed by atoms with Crippen molar-refractivity contribution in [1.29, 1.82) is 0 Å². The van der Waals surface area contributed by atoms with E-state index in [1.165, 1.54) is 0 Å². The first-order valence-corrected chi connectivity index (χ1v) is 9.17.